The molecular weight excluding hydrogens is 495 g/mol. The van der Waals surface area contributed by atoms with Crippen LogP contribution in [0, 0.1) is 17.7 Å². The fourth-order valence-corrected chi connectivity index (χ4v) is 7.11. The molecule has 1 aliphatic carbocycles. The van der Waals surface area contributed by atoms with Crippen LogP contribution in [0.25, 0.3) is 11.1 Å². The number of hydrogen-bond donors (Lipinski definition) is 1. The SMILES string of the molecule is C[C@@H]1CN([C@H](C)CO)S(=O)(=O)c2ccc(-c3ccc(F)cc3)cc2O[C@H]1CN(C)C(=O)C1CCCCC1. The van der Waals surface area contributed by atoms with E-state index in [1.165, 1.54) is 22.5 Å². The van der Waals surface area contributed by atoms with Crippen LogP contribution in [0.1, 0.15) is 46.0 Å². The van der Waals surface area contributed by atoms with Crippen LogP contribution in [0.5, 0.6) is 5.75 Å². The molecule has 1 heterocycles. The molecule has 0 unspecified atom stereocenters. The van der Waals surface area contributed by atoms with Crippen LogP contribution >= 0.6 is 0 Å². The fraction of sp³-hybridized carbons (Fsp3) is 0.536. The summed E-state index contributed by atoms with van der Waals surface area (Å²) in [6, 6.07) is 10.2. The molecule has 37 heavy (non-hydrogen) atoms. The molecular formula is C28H37FN2O5S. The Balaban J connectivity index is 1.71. The summed E-state index contributed by atoms with van der Waals surface area (Å²) in [5.41, 5.74) is 1.41. The standard InChI is InChI=1S/C28H37FN2O5S/c1-19-16-31(20(2)18-32)37(34,35)27-14-11-23(21-9-12-24(29)13-10-21)15-25(27)36-26(19)17-30(3)28(33)22-7-5-4-6-8-22/h9-15,19-20,22,26,32H,4-8,16-18H2,1-3H3/t19-,20-,26+/m1/s1. The van der Waals surface area contributed by atoms with Gasteiger partial charge in [0, 0.05) is 31.5 Å². The molecule has 2 aliphatic rings. The van der Waals surface area contributed by atoms with Crippen molar-refractivity contribution in [2.24, 2.45) is 11.8 Å². The molecule has 1 amide bonds. The lowest BCUT2D eigenvalue weighted by molar-refractivity contribution is -0.136. The Labute approximate surface area is 219 Å². The number of benzene rings is 2. The summed E-state index contributed by atoms with van der Waals surface area (Å²) in [4.78, 5) is 14.9. The van der Waals surface area contributed by atoms with Crippen molar-refractivity contribution in [3.63, 3.8) is 0 Å². The predicted molar refractivity (Wildman–Crippen MR) is 140 cm³/mol. The third-order valence-electron chi connectivity index (χ3n) is 7.63. The number of likely N-dealkylation sites (N-methyl/N-ethyl adjacent to an activating group) is 1. The molecule has 202 valence electrons. The zero-order valence-electron chi connectivity index (χ0n) is 21.8. The van der Waals surface area contributed by atoms with Crippen molar-refractivity contribution in [1.82, 2.24) is 9.21 Å². The van der Waals surface area contributed by atoms with Gasteiger partial charge in [-0.15, -0.1) is 0 Å². The summed E-state index contributed by atoms with van der Waals surface area (Å²) in [6.45, 7) is 3.73. The minimum absolute atomic E-state index is 0.0109. The van der Waals surface area contributed by atoms with Crippen LogP contribution in [0.2, 0.25) is 0 Å². The molecule has 1 aliphatic heterocycles. The summed E-state index contributed by atoms with van der Waals surface area (Å²) in [6.07, 6.45) is 4.61. The second-order valence-electron chi connectivity index (χ2n) is 10.5. The van der Waals surface area contributed by atoms with Crippen LogP contribution < -0.4 is 4.74 Å². The van der Waals surface area contributed by atoms with Gasteiger partial charge in [-0.25, -0.2) is 12.8 Å². The molecule has 0 saturated heterocycles. The van der Waals surface area contributed by atoms with E-state index in [9.17, 15) is 22.7 Å². The minimum Gasteiger partial charge on any atom is -0.487 e. The van der Waals surface area contributed by atoms with E-state index in [0.29, 0.717) is 12.1 Å². The van der Waals surface area contributed by atoms with Gasteiger partial charge < -0.3 is 14.7 Å². The quantitative estimate of drug-likeness (QED) is 0.600. The van der Waals surface area contributed by atoms with Gasteiger partial charge in [0.05, 0.1) is 13.2 Å². The minimum atomic E-state index is -3.97. The number of fused-ring (bicyclic) bond motifs is 1. The number of halogens is 1. The van der Waals surface area contributed by atoms with Gasteiger partial charge in [-0.05, 0) is 55.2 Å². The number of aliphatic hydroxyl groups is 1. The molecule has 3 atom stereocenters. The third-order valence-corrected chi connectivity index (χ3v) is 9.65. The number of ether oxygens (including phenoxy) is 1. The number of aliphatic hydroxyl groups excluding tert-OH is 1. The number of carbonyl (C=O) groups is 1. The lowest BCUT2D eigenvalue weighted by atomic mass is 9.88. The normalized spacial score (nSPS) is 23.3. The van der Waals surface area contributed by atoms with Gasteiger partial charge >= 0.3 is 0 Å². The Hall–Kier alpha value is -2.49. The monoisotopic (exact) mass is 532 g/mol. The summed E-state index contributed by atoms with van der Waals surface area (Å²) in [7, 11) is -2.19. The van der Waals surface area contributed by atoms with Crippen LogP contribution in [0.4, 0.5) is 4.39 Å². The first kappa shape index (κ1) is 27.5. The van der Waals surface area contributed by atoms with Gasteiger partial charge in [0.25, 0.3) is 0 Å². The van der Waals surface area contributed by atoms with Crippen molar-refractivity contribution in [1.29, 1.82) is 0 Å². The highest BCUT2D eigenvalue weighted by molar-refractivity contribution is 7.89. The van der Waals surface area contributed by atoms with E-state index in [1.54, 1.807) is 43.1 Å². The van der Waals surface area contributed by atoms with Crippen LogP contribution in [0.15, 0.2) is 47.4 Å². The summed E-state index contributed by atoms with van der Waals surface area (Å²) < 4.78 is 48.6. The highest BCUT2D eigenvalue weighted by atomic mass is 32.2. The van der Waals surface area contributed by atoms with E-state index >= 15 is 0 Å². The van der Waals surface area contributed by atoms with E-state index < -0.39 is 22.2 Å². The molecule has 1 N–H and O–H groups in total. The van der Waals surface area contributed by atoms with Gasteiger partial charge in [-0.2, -0.15) is 4.31 Å². The van der Waals surface area contributed by atoms with Crippen LogP contribution in [-0.4, -0.2) is 67.5 Å². The molecule has 0 radical (unpaired) electrons. The summed E-state index contributed by atoms with van der Waals surface area (Å²) >= 11 is 0. The largest absolute Gasteiger partial charge is 0.487 e. The smallest absolute Gasteiger partial charge is 0.247 e. The maximum atomic E-state index is 13.7. The molecule has 0 aromatic heterocycles. The Morgan fingerprint density at radius 1 is 1.14 bits per heavy atom. The highest BCUT2D eigenvalue weighted by Gasteiger charge is 2.39. The Morgan fingerprint density at radius 3 is 2.43 bits per heavy atom. The number of hydrogen-bond acceptors (Lipinski definition) is 5. The molecule has 4 rings (SSSR count). The molecule has 0 spiro atoms. The van der Waals surface area contributed by atoms with Crippen molar-refractivity contribution in [3.05, 3.63) is 48.3 Å². The second-order valence-corrected chi connectivity index (χ2v) is 12.3. The average molecular weight is 533 g/mol. The van der Waals surface area contributed by atoms with Crippen molar-refractivity contribution in [2.45, 2.75) is 63.0 Å². The number of nitrogens with zero attached hydrogens (tertiary/aromatic N) is 2. The van der Waals surface area contributed by atoms with E-state index in [-0.39, 0.29) is 47.4 Å². The van der Waals surface area contributed by atoms with Gasteiger partial charge in [-0.3, -0.25) is 4.79 Å². The third kappa shape index (κ3) is 5.99. The van der Waals surface area contributed by atoms with Gasteiger partial charge in [-0.1, -0.05) is 44.4 Å². The van der Waals surface area contributed by atoms with Gasteiger partial charge in [0.15, 0.2) is 0 Å². The van der Waals surface area contributed by atoms with Crippen molar-refractivity contribution < 1.29 is 27.4 Å². The zero-order valence-corrected chi connectivity index (χ0v) is 22.6. The average Bonchev–Trinajstić information content (AvgIpc) is 2.90. The predicted octanol–water partition coefficient (Wildman–Crippen LogP) is 4.30. The lowest BCUT2D eigenvalue weighted by Crippen LogP contribution is -2.50. The zero-order chi connectivity index (χ0) is 26.7. The topological polar surface area (TPSA) is 87.2 Å². The molecule has 2 aromatic rings. The number of amides is 1. The molecule has 1 fully saturated rings. The first-order chi connectivity index (χ1) is 17.6. The fourth-order valence-electron chi connectivity index (χ4n) is 5.29. The molecule has 9 heteroatoms. The van der Waals surface area contributed by atoms with E-state index in [0.717, 1.165) is 37.7 Å². The number of rotatable bonds is 6. The maximum absolute atomic E-state index is 13.7. The van der Waals surface area contributed by atoms with Gasteiger partial charge in [0.2, 0.25) is 15.9 Å². The molecule has 2 aromatic carbocycles. The Morgan fingerprint density at radius 2 is 1.78 bits per heavy atom. The van der Waals surface area contributed by atoms with Crippen LogP contribution in [0.3, 0.4) is 0 Å². The van der Waals surface area contributed by atoms with E-state index in [1.807, 2.05) is 6.92 Å². The van der Waals surface area contributed by atoms with Gasteiger partial charge in [0.1, 0.15) is 22.6 Å². The Bertz CT molecular complexity index is 1200. The van der Waals surface area contributed by atoms with E-state index in [2.05, 4.69) is 0 Å². The first-order valence-electron chi connectivity index (χ1n) is 13.1. The highest BCUT2D eigenvalue weighted by Crippen LogP contribution is 2.37. The van der Waals surface area contributed by atoms with E-state index in [4.69, 9.17) is 4.74 Å². The second kappa shape index (κ2) is 11.5. The lowest BCUT2D eigenvalue weighted by Gasteiger charge is -2.38. The van der Waals surface area contributed by atoms with Crippen molar-refractivity contribution >= 4 is 15.9 Å². The van der Waals surface area contributed by atoms with Crippen LogP contribution in [-0.2, 0) is 14.8 Å². The van der Waals surface area contributed by atoms with Crippen molar-refractivity contribution in [2.75, 3.05) is 26.7 Å². The first-order valence-corrected chi connectivity index (χ1v) is 14.5. The summed E-state index contributed by atoms with van der Waals surface area (Å²) in [5, 5.41) is 9.84. The Kier molecular flexibility index (Phi) is 8.56. The summed E-state index contributed by atoms with van der Waals surface area (Å²) in [5.74, 6) is -0.306. The number of sulfonamides is 1. The number of carbonyl (C=O) groups excluding carboxylic acids is 1. The molecule has 0 bridgehead atoms. The molecule has 7 nitrogen and oxygen atoms in total. The maximum Gasteiger partial charge on any atom is 0.247 e. The molecule has 1 saturated carbocycles. The van der Waals surface area contributed by atoms with Crippen molar-refractivity contribution in [3.8, 4) is 16.9 Å².